The maximum absolute atomic E-state index is 13.6. The number of carbonyl (C=O) groups excluding carboxylic acids is 1. The molecule has 36 heavy (non-hydrogen) atoms. The van der Waals surface area contributed by atoms with Crippen molar-refractivity contribution in [1.82, 2.24) is 9.47 Å². The van der Waals surface area contributed by atoms with Gasteiger partial charge in [-0.05, 0) is 16.7 Å². The van der Waals surface area contributed by atoms with Crippen LogP contribution in [-0.4, -0.2) is 38.1 Å². The number of aromatic nitrogens is 1. The van der Waals surface area contributed by atoms with Gasteiger partial charge in [-0.2, -0.15) is 0 Å². The molecule has 2 heterocycles. The van der Waals surface area contributed by atoms with E-state index in [0.29, 0.717) is 0 Å². The van der Waals surface area contributed by atoms with Crippen LogP contribution in [-0.2, 0) is 6.54 Å². The normalized spacial score (nSPS) is 15.1. The zero-order valence-corrected chi connectivity index (χ0v) is 19.3. The van der Waals surface area contributed by atoms with Crippen LogP contribution in [0.15, 0.2) is 102 Å². The van der Waals surface area contributed by atoms with Gasteiger partial charge in [-0.1, -0.05) is 91.0 Å². The number of carboxylic acid groups (broad SMARTS) is 1. The average molecular weight is 481 g/mol. The Morgan fingerprint density at radius 3 is 1.92 bits per heavy atom. The van der Waals surface area contributed by atoms with E-state index in [1.807, 2.05) is 91.0 Å². The predicted octanol–water partition coefficient (Wildman–Crippen LogP) is 4.28. The molecule has 0 saturated heterocycles. The van der Waals surface area contributed by atoms with Crippen molar-refractivity contribution in [2.24, 2.45) is 0 Å². The largest absolute Gasteiger partial charge is 0.503 e. The molecule has 1 amide bonds. The summed E-state index contributed by atoms with van der Waals surface area (Å²) in [5.41, 5.74) is 0.975. The molecule has 180 valence electrons. The Bertz CT molecular complexity index is 1430. The smallest absolute Gasteiger partial charge is 0.341 e. The number of carbonyl (C=O) groups is 2. The highest BCUT2D eigenvalue weighted by molar-refractivity contribution is 5.97. The van der Waals surface area contributed by atoms with Gasteiger partial charge in [0.05, 0.1) is 6.04 Å². The average Bonchev–Trinajstić information content (AvgIpc) is 2.90. The third kappa shape index (κ3) is 4.15. The number of aromatic hydroxyl groups is 1. The first kappa shape index (κ1) is 23.1. The lowest BCUT2D eigenvalue weighted by Crippen LogP contribution is -2.46. The fourth-order valence-corrected chi connectivity index (χ4v) is 4.96. The second kappa shape index (κ2) is 9.54. The highest BCUT2D eigenvalue weighted by atomic mass is 16.4. The first-order valence-corrected chi connectivity index (χ1v) is 11.6. The molecule has 4 aromatic rings. The summed E-state index contributed by atoms with van der Waals surface area (Å²) >= 11 is 0. The summed E-state index contributed by atoms with van der Waals surface area (Å²) in [5, 5.41) is 20.5. The van der Waals surface area contributed by atoms with Gasteiger partial charge in [-0.3, -0.25) is 9.59 Å². The molecule has 5 rings (SSSR count). The quantitative estimate of drug-likeness (QED) is 0.429. The molecule has 0 spiro atoms. The molecule has 1 atom stereocenters. The van der Waals surface area contributed by atoms with E-state index in [9.17, 15) is 24.6 Å². The molecule has 3 aromatic carbocycles. The van der Waals surface area contributed by atoms with E-state index in [1.165, 1.54) is 10.8 Å². The Morgan fingerprint density at radius 1 is 0.861 bits per heavy atom. The van der Waals surface area contributed by atoms with E-state index in [0.717, 1.165) is 16.7 Å². The van der Waals surface area contributed by atoms with Crippen LogP contribution in [0.1, 0.15) is 49.5 Å². The Balaban J connectivity index is 1.73. The number of pyridine rings is 1. The van der Waals surface area contributed by atoms with Crippen LogP contribution in [0.5, 0.6) is 5.75 Å². The molecule has 1 unspecified atom stereocenters. The minimum Gasteiger partial charge on any atom is -0.503 e. The van der Waals surface area contributed by atoms with Crippen LogP contribution in [0, 0.1) is 0 Å². The van der Waals surface area contributed by atoms with Gasteiger partial charge in [-0.15, -0.1) is 0 Å². The van der Waals surface area contributed by atoms with Gasteiger partial charge < -0.3 is 19.7 Å². The predicted molar refractivity (Wildman–Crippen MR) is 134 cm³/mol. The molecule has 0 radical (unpaired) electrons. The van der Waals surface area contributed by atoms with E-state index in [4.69, 9.17) is 0 Å². The fraction of sp³-hybridized carbons (Fsp3) is 0.138. The van der Waals surface area contributed by atoms with Crippen LogP contribution >= 0.6 is 0 Å². The van der Waals surface area contributed by atoms with Crippen molar-refractivity contribution in [2.45, 2.75) is 18.5 Å². The number of aromatic carboxylic acids is 1. The zero-order valence-electron chi connectivity index (χ0n) is 19.3. The van der Waals surface area contributed by atoms with Crippen molar-refractivity contribution in [3.05, 3.63) is 135 Å². The third-order valence-corrected chi connectivity index (χ3v) is 6.61. The van der Waals surface area contributed by atoms with Crippen LogP contribution in [0.2, 0.25) is 0 Å². The van der Waals surface area contributed by atoms with Gasteiger partial charge in [0.1, 0.15) is 5.56 Å². The maximum Gasteiger partial charge on any atom is 0.341 e. The summed E-state index contributed by atoms with van der Waals surface area (Å²) in [5.74, 6) is -3.12. The molecule has 1 aliphatic rings. The van der Waals surface area contributed by atoms with Crippen molar-refractivity contribution < 1.29 is 19.8 Å². The molecule has 2 N–H and O–H groups in total. The number of fused-ring (bicyclic) bond motifs is 1. The number of benzene rings is 3. The first-order chi connectivity index (χ1) is 17.5. The molecule has 0 fully saturated rings. The first-order valence-electron chi connectivity index (χ1n) is 11.6. The van der Waals surface area contributed by atoms with Crippen molar-refractivity contribution >= 4 is 11.9 Å². The summed E-state index contributed by atoms with van der Waals surface area (Å²) in [6.07, 6.45) is 1.20. The Labute approximate surface area is 207 Å². The molecule has 1 aliphatic heterocycles. The highest BCUT2D eigenvalue weighted by Gasteiger charge is 2.39. The summed E-state index contributed by atoms with van der Waals surface area (Å²) in [4.78, 5) is 39.7. The van der Waals surface area contributed by atoms with E-state index in [1.54, 1.807) is 4.90 Å². The van der Waals surface area contributed by atoms with Gasteiger partial charge in [-0.25, -0.2) is 4.79 Å². The third-order valence-electron chi connectivity index (χ3n) is 6.61. The molecule has 0 saturated carbocycles. The van der Waals surface area contributed by atoms with Crippen molar-refractivity contribution in [3.63, 3.8) is 0 Å². The molecular formula is C29H24N2O5. The number of amides is 1. The summed E-state index contributed by atoms with van der Waals surface area (Å²) in [6, 6.07) is 28.4. The van der Waals surface area contributed by atoms with Crippen molar-refractivity contribution in [1.29, 1.82) is 0 Å². The van der Waals surface area contributed by atoms with Crippen molar-refractivity contribution in [2.75, 3.05) is 6.54 Å². The van der Waals surface area contributed by atoms with Crippen LogP contribution in [0.25, 0.3) is 0 Å². The minimum atomic E-state index is -1.46. The zero-order chi connectivity index (χ0) is 25.2. The number of hydrogen-bond donors (Lipinski definition) is 2. The fourth-order valence-electron chi connectivity index (χ4n) is 4.96. The van der Waals surface area contributed by atoms with Gasteiger partial charge in [0.15, 0.2) is 11.4 Å². The standard InChI is InChI=1S/C29H24N2O5/c32-26-22(29(35)36)17-31-23(24(20-12-6-2-7-13-20)21-14-8-3-9-15-21)18-30(28(34)25(31)27(26)33)16-19-10-4-1-5-11-19/h1-15,17,23-24,33H,16,18H2,(H,35,36). The van der Waals surface area contributed by atoms with Gasteiger partial charge in [0.2, 0.25) is 5.43 Å². The summed E-state index contributed by atoms with van der Waals surface area (Å²) in [6.45, 7) is 0.525. The number of nitrogens with zero attached hydrogens (tertiary/aromatic N) is 2. The van der Waals surface area contributed by atoms with Crippen molar-refractivity contribution in [3.8, 4) is 5.75 Å². The summed E-state index contributed by atoms with van der Waals surface area (Å²) < 4.78 is 1.48. The second-order valence-electron chi connectivity index (χ2n) is 8.82. The van der Waals surface area contributed by atoms with Crippen LogP contribution < -0.4 is 5.43 Å². The lowest BCUT2D eigenvalue weighted by Gasteiger charge is -2.40. The van der Waals surface area contributed by atoms with E-state index >= 15 is 0 Å². The molecule has 0 aliphatic carbocycles. The molecular weight excluding hydrogens is 456 g/mol. The van der Waals surface area contributed by atoms with Gasteiger partial charge in [0.25, 0.3) is 5.91 Å². The Morgan fingerprint density at radius 2 is 1.39 bits per heavy atom. The Hall–Kier alpha value is -4.65. The van der Waals surface area contributed by atoms with Gasteiger partial charge in [0, 0.05) is 25.2 Å². The number of hydrogen-bond acceptors (Lipinski definition) is 4. The second-order valence-corrected chi connectivity index (χ2v) is 8.82. The SMILES string of the molecule is O=C(O)c1cn2c(c(O)c1=O)C(=O)N(Cc1ccccc1)CC2C(c1ccccc1)c1ccccc1. The van der Waals surface area contributed by atoms with Crippen LogP contribution in [0.4, 0.5) is 0 Å². The maximum atomic E-state index is 13.6. The number of carboxylic acids is 1. The Kier molecular flexibility index (Phi) is 6.12. The van der Waals surface area contributed by atoms with Crippen LogP contribution in [0.3, 0.4) is 0 Å². The molecule has 7 heteroatoms. The lowest BCUT2D eigenvalue weighted by molar-refractivity contribution is 0.0623. The van der Waals surface area contributed by atoms with E-state index in [-0.39, 0.29) is 24.7 Å². The monoisotopic (exact) mass is 480 g/mol. The van der Waals surface area contributed by atoms with Gasteiger partial charge >= 0.3 is 5.97 Å². The summed E-state index contributed by atoms with van der Waals surface area (Å²) in [7, 11) is 0. The van der Waals surface area contributed by atoms with E-state index in [2.05, 4.69) is 0 Å². The minimum absolute atomic E-state index is 0.200. The lowest BCUT2D eigenvalue weighted by atomic mass is 9.83. The number of rotatable bonds is 6. The van der Waals surface area contributed by atoms with E-state index < -0.39 is 34.7 Å². The molecule has 0 bridgehead atoms. The molecule has 7 nitrogen and oxygen atoms in total. The highest BCUT2D eigenvalue weighted by Crippen LogP contribution is 2.40. The topological polar surface area (TPSA) is 99.8 Å². The molecule has 1 aromatic heterocycles.